The molecule has 0 aliphatic rings. The van der Waals surface area contributed by atoms with Gasteiger partial charge in [-0.05, 0) is 4.92 Å². The third-order valence-corrected chi connectivity index (χ3v) is 1.22. The summed E-state index contributed by atoms with van der Waals surface area (Å²) < 4.78 is 1.38. The third-order valence-electron chi connectivity index (χ3n) is 1.02. The predicted molar refractivity (Wildman–Crippen MR) is 40.5 cm³/mol. The van der Waals surface area contributed by atoms with E-state index in [-0.39, 0.29) is 5.95 Å². The molecule has 0 aromatic carbocycles. The van der Waals surface area contributed by atoms with Gasteiger partial charge in [0.15, 0.2) is 0 Å². The first-order valence-electron chi connectivity index (χ1n) is 2.88. The van der Waals surface area contributed by atoms with Gasteiger partial charge in [-0.15, -0.1) is 0 Å². The number of thiol groups is 1. The van der Waals surface area contributed by atoms with Gasteiger partial charge in [-0.25, -0.2) is 0 Å². The van der Waals surface area contributed by atoms with Gasteiger partial charge >= 0.3 is 5.95 Å². The molecule has 0 bridgehead atoms. The van der Waals surface area contributed by atoms with E-state index < -0.39 is 4.92 Å². The molecule has 0 amide bonds. The maximum Gasteiger partial charge on any atom is 0.490 e. The molecular formula is C4H6N4O2S. The van der Waals surface area contributed by atoms with Crippen molar-refractivity contribution in [1.82, 2.24) is 14.8 Å². The van der Waals surface area contributed by atoms with Crippen molar-refractivity contribution >= 4 is 18.6 Å². The summed E-state index contributed by atoms with van der Waals surface area (Å²) in [5.41, 5.74) is 0. The Morgan fingerprint density at radius 1 is 1.82 bits per heavy atom. The summed E-state index contributed by atoms with van der Waals surface area (Å²) in [6.45, 7) is 0.532. The fourth-order valence-electron chi connectivity index (χ4n) is 0.579. The molecule has 1 aromatic heterocycles. The van der Waals surface area contributed by atoms with Crippen LogP contribution in [0.2, 0.25) is 0 Å². The fourth-order valence-corrected chi connectivity index (χ4v) is 0.784. The highest BCUT2D eigenvalue weighted by atomic mass is 32.1. The molecule has 11 heavy (non-hydrogen) atoms. The molecule has 7 heteroatoms. The molecule has 1 aromatic rings. The molecule has 1 rings (SSSR count). The van der Waals surface area contributed by atoms with Gasteiger partial charge in [-0.2, -0.15) is 17.3 Å². The van der Waals surface area contributed by atoms with Crippen molar-refractivity contribution in [2.75, 3.05) is 5.75 Å². The van der Waals surface area contributed by atoms with Gasteiger partial charge in [0, 0.05) is 10.9 Å². The molecule has 0 spiro atoms. The highest BCUT2D eigenvalue weighted by Crippen LogP contribution is 1.99. The Balaban J connectivity index is 2.73. The fraction of sp³-hybridized carbons (Fsp3) is 0.500. The Labute approximate surface area is 67.8 Å². The van der Waals surface area contributed by atoms with Gasteiger partial charge in [0.25, 0.3) is 0 Å². The highest BCUT2D eigenvalue weighted by Gasteiger charge is 2.11. The quantitative estimate of drug-likeness (QED) is 0.401. The first kappa shape index (κ1) is 7.99. The van der Waals surface area contributed by atoms with Crippen molar-refractivity contribution in [2.45, 2.75) is 6.54 Å². The Bertz CT molecular complexity index is 260. The number of hydrogen-bond donors (Lipinski definition) is 1. The van der Waals surface area contributed by atoms with E-state index in [0.717, 1.165) is 0 Å². The Hall–Kier alpha value is -1.11. The molecule has 1 heterocycles. The van der Waals surface area contributed by atoms with Crippen LogP contribution in [0.4, 0.5) is 5.95 Å². The van der Waals surface area contributed by atoms with Crippen LogP contribution in [0.15, 0.2) is 6.33 Å². The zero-order chi connectivity index (χ0) is 8.27. The lowest BCUT2D eigenvalue weighted by Crippen LogP contribution is -2.00. The zero-order valence-electron chi connectivity index (χ0n) is 5.54. The largest absolute Gasteiger partial charge is 0.490 e. The van der Waals surface area contributed by atoms with E-state index in [1.807, 2.05) is 0 Å². The van der Waals surface area contributed by atoms with Crippen LogP contribution in [0.3, 0.4) is 0 Å². The Kier molecular flexibility index (Phi) is 2.42. The molecule has 0 aliphatic heterocycles. The number of hydrogen-bond acceptors (Lipinski definition) is 5. The molecule has 0 aliphatic carbocycles. The zero-order valence-corrected chi connectivity index (χ0v) is 6.44. The number of rotatable bonds is 3. The van der Waals surface area contributed by atoms with Crippen molar-refractivity contribution in [3.63, 3.8) is 0 Å². The average molecular weight is 174 g/mol. The molecule has 0 saturated heterocycles. The highest BCUT2D eigenvalue weighted by molar-refractivity contribution is 7.80. The number of aromatic nitrogens is 3. The van der Waals surface area contributed by atoms with Crippen molar-refractivity contribution in [2.24, 2.45) is 0 Å². The van der Waals surface area contributed by atoms with E-state index in [1.165, 1.54) is 11.0 Å². The average Bonchev–Trinajstić information content (AvgIpc) is 2.37. The second kappa shape index (κ2) is 3.33. The standard InChI is InChI=1S/C4H6N4O2S/c9-8(10)4-5-3-7(6-4)1-2-11/h3,11H,1-2H2. The monoisotopic (exact) mass is 174 g/mol. The third kappa shape index (κ3) is 1.90. The molecular weight excluding hydrogens is 168 g/mol. The molecule has 6 nitrogen and oxygen atoms in total. The van der Waals surface area contributed by atoms with E-state index in [2.05, 4.69) is 22.7 Å². The molecule has 0 atom stereocenters. The Morgan fingerprint density at radius 3 is 3.00 bits per heavy atom. The SMILES string of the molecule is O=[N+]([O-])c1ncn(CCS)n1. The predicted octanol–water partition coefficient (Wildman–Crippen LogP) is 0.116. The van der Waals surface area contributed by atoms with Crippen molar-refractivity contribution in [3.8, 4) is 0 Å². The van der Waals surface area contributed by atoms with Gasteiger partial charge in [-0.3, -0.25) is 0 Å². The summed E-state index contributed by atoms with van der Waals surface area (Å²) in [5, 5.41) is 13.6. The molecule has 0 saturated carbocycles. The topological polar surface area (TPSA) is 73.8 Å². The minimum Gasteiger partial charge on any atom is -0.390 e. The summed E-state index contributed by atoms with van der Waals surface area (Å²) >= 11 is 3.93. The minimum atomic E-state index is -0.630. The number of aryl methyl sites for hydroxylation is 1. The smallest absolute Gasteiger partial charge is 0.390 e. The van der Waals surface area contributed by atoms with Gasteiger partial charge < -0.3 is 10.1 Å². The lowest BCUT2D eigenvalue weighted by molar-refractivity contribution is -0.394. The van der Waals surface area contributed by atoms with Crippen LogP contribution in [0.1, 0.15) is 0 Å². The van der Waals surface area contributed by atoms with Gasteiger partial charge in [0.05, 0.1) is 6.54 Å². The van der Waals surface area contributed by atoms with Gasteiger partial charge in [-0.1, -0.05) is 4.98 Å². The molecule has 60 valence electrons. The maximum atomic E-state index is 10.1. The van der Waals surface area contributed by atoms with Crippen LogP contribution in [0.25, 0.3) is 0 Å². The van der Waals surface area contributed by atoms with E-state index in [0.29, 0.717) is 12.3 Å². The van der Waals surface area contributed by atoms with Crippen LogP contribution in [0.5, 0.6) is 0 Å². The van der Waals surface area contributed by atoms with Gasteiger partial charge in [0.2, 0.25) is 6.33 Å². The first-order chi connectivity index (χ1) is 5.24. The van der Waals surface area contributed by atoms with Gasteiger partial charge in [0.1, 0.15) is 0 Å². The van der Waals surface area contributed by atoms with Crippen molar-refractivity contribution in [3.05, 3.63) is 16.4 Å². The number of nitro groups is 1. The summed E-state index contributed by atoms with van der Waals surface area (Å²) in [6, 6.07) is 0. The lowest BCUT2D eigenvalue weighted by atomic mass is 10.8. The second-order valence-electron chi connectivity index (χ2n) is 1.79. The summed E-state index contributed by atoms with van der Waals surface area (Å²) in [4.78, 5) is 12.9. The number of nitrogens with zero attached hydrogens (tertiary/aromatic N) is 4. The molecule has 0 unspecified atom stereocenters. The van der Waals surface area contributed by atoms with Crippen LogP contribution in [-0.4, -0.2) is 25.4 Å². The summed E-state index contributed by atoms with van der Waals surface area (Å²) in [7, 11) is 0. The summed E-state index contributed by atoms with van der Waals surface area (Å²) in [5.74, 6) is 0.215. The van der Waals surface area contributed by atoms with E-state index in [4.69, 9.17) is 0 Å². The Morgan fingerprint density at radius 2 is 2.55 bits per heavy atom. The van der Waals surface area contributed by atoms with Crippen LogP contribution in [0, 0.1) is 10.1 Å². The lowest BCUT2D eigenvalue weighted by Gasteiger charge is -1.87. The van der Waals surface area contributed by atoms with E-state index in [9.17, 15) is 10.1 Å². The van der Waals surface area contributed by atoms with Crippen LogP contribution < -0.4 is 0 Å². The molecule has 0 fully saturated rings. The molecule has 0 N–H and O–H groups in total. The van der Waals surface area contributed by atoms with Crippen molar-refractivity contribution in [1.29, 1.82) is 0 Å². The molecule has 0 radical (unpaired) electrons. The minimum absolute atomic E-state index is 0.369. The van der Waals surface area contributed by atoms with E-state index in [1.54, 1.807) is 0 Å². The van der Waals surface area contributed by atoms with Crippen LogP contribution in [-0.2, 0) is 6.54 Å². The second-order valence-corrected chi connectivity index (χ2v) is 2.24. The van der Waals surface area contributed by atoms with Crippen molar-refractivity contribution < 1.29 is 4.92 Å². The van der Waals surface area contributed by atoms with E-state index >= 15 is 0 Å². The van der Waals surface area contributed by atoms with Crippen LogP contribution >= 0.6 is 12.6 Å². The summed E-state index contributed by atoms with van der Waals surface area (Å²) in [6.07, 6.45) is 1.31. The maximum absolute atomic E-state index is 10.1. The first-order valence-corrected chi connectivity index (χ1v) is 3.52. The normalized spacial score (nSPS) is 9.91.